The molecule has 0 bridgehead atoms. The van der Waals surface area contributed by atoms with Crippen LogP contribution in [-0.2, 0) is 0 Å². The molecule has 0 aromatic carbocycles. The molecule has 0 radical (unpaired) electrons. The van der Waals surface area contributed by atoms with Gasteiger partial charge in [-0.25, -0.2) is 0 Å². The molecule has 1 aromatic heterocycles. The first kappa shape index (κ1) is 11.6. The van der Waals surface area contributed by atoms with Gasteiger partial charge < -0.3 is 5.32 Å². The van der Waals surface area contributed by atoms with Gasteiger partial charge in [-0.1, -0.05) is 36.0 Å². The lowest BCUT2D eigenvalue weighted by Gasteiger charge is -2.05. The van der Waals surface area contributed by atoms with Gasteiger partial charge in [0.05, 0.1) is 5.56 Å². The fourth-order valence-corrected chi connectivity index (χ4v) is 1.73. The third-order valence-electron chi connectivity index (χ3n) is 2.50. The Labute approximate surface area is 103 Å². The number of halogens is 2. The minimum atomic E-state index is -0.248. The van der Waals surface area contributed by atoms with E-state index in [-0.39, 0.29) is 21.8 Å². The number of carbonyl (C=O) groups is 1. The van der Waals surface area contributed by atoms with E-state index in [9.17, 15) is 4.79 Å². The van der Waals surface area contributed by atoms with E-state index in [4.69, 9.17) is 23.2 Å². The van der Waals surface area contributed by atoms with Crippen molar-refractivity contribution in [2.45, 2.75) is 19.3 Å². The Bertz CT molecular complexity index is 407. The van der Waals surface area contributed by atoms with E-state index in [1.807, 2.05) is 0 Å². The van der Waals surface area contributed by atoms with Gasteiger partial charge in [-0.15, -0.1) is 10.2 Å². The van der Waals surface area contributed by atoms with Gasteiger partial charge in [-0.2, -0.15) is 0 Å². The number of hydrogen-bond donors (Lipinski definition) is 1. The van der Waals surface area contributed by atoms with E-state index in [1.54, 1.807) is 0 Å². The van der Waals surface area contributed by atoms with Crippen molar-refractivity contribution in [2.75, 3.05) is 6.54 Å². The quantitative estimate of drug-likeness (QED) is 0.903. The SMILES string of the molecule is O=C(NCCC1CC1)c1cc(Cl)nnc1Cl. The third kappa shape index (κ3) is 3.06. The van der Waals surface area contributed by atoms with Crippen molar-refractivity contribution in [3.8, 4) is 0 Å². The molecule has 0 atom stereocenters. The highest BCUT2D eigenvalue weighted by Crippen LogP contribution is 2.31. The zero-order valence-corrected chi connectivity index (χ0v) is 10.1. The van der Waals surface area contributed by atoms with Crippen LogP contribution in [0.4, 0.5) is 0 Å². The summed E-state index contributed by atoms with van der Waals surface area (Å²) >= 11 is 11.4. The van der Waals surface area contributed by atoms with Crippen LogP contribution in [0.15, 0.2) is 6.07 Å². The standard InChI is InChI=1S/C10H11Cl2N3O/c11-8-5-7(9(12)15-14-8)10(16)13-4-3-6-1-2-6/h5-6H,1-4H2,(H,13,16). The van der Waals surface area contributed by atoms with Crippen LogP contribution >= 0.6 is 23.2 Å². The van der Waals surface area contributed by atoms with Crippen molar-refractivity contribution in [1.29, 1.82) is 0 Å². The van der Waals surface area contributed by atoms with E-state index < -0.39 is 0 Å². The molecule has 0 spiro atoms. The molecule has 1 N–H and O–H groups in total. The molecule has 1 aliphatic rings. The minimum absolute atomic E-state index is 0.0771. The van der Waals surface area contributed by atoms with Gasteiger partial charge in [-0.3, -0.25) is 4.79 Å². The number of rotatable bonds is 4. The third-order valence-corrected chi connectivity index (χ3v) is 2.96. The first-order valence-corrected chi connectivity index (χ1v) is 5.89. The lowest BCUT2D eigenvalue weighted by atomic mass is 10.2. The molecule has 1 heterocycles. The molecular weight excluding hydrogens is 249 g/mol. The number of nitrogens with zero attached hydrogens (tertiary/aromatic N) is 2. The number of aromatic nitrogens is 2. The predicted molar refractivity (Wildman–Crippen MR) is 61.7 cm³/mol. The summed E-state index contributed by atoms with van der Waals surface area (Å²) in [5.41, 5.74) is 0.275. The molecule has 1 aromatic rings. The molecule has 4 nitrogen and oxygen atoms in total. The summed E-state index contributed by atoms with van der Waals surface area (Å²) in [6.07, 6.45) is 3.58. The Kier molecular flexibility index (Phi) is 3.61. The second-order valence-electron chi connectivity index (χ2n) is 3.86. The number of amides is 1. The van der Waals surface area contributed by atoms with Gasteiger partial charge in [0.15, 0.2) is 10.3 Å². The average Bonchev–Trinajstić information content (AvgIpc) is 3.05. The molecule has 86 valence electrons. The van der Waals surface area contributed by atoms with Crippen LogP contribution in [0.3, 0.4) is 0 Å². The molecule has 6 heteroatoms. The van der Waals surface area contributed by atoms with Crippen LogP contribution in [-0.4, -0.2) is 22.6 Å². The summed E-state index contributed by atoms with van der Waals surface area (Å²) in [4.78, 5) is 11.7. The first-order valence-electron chi connectivity index (χ1n) is 5.13. The van der Waals surface area contributed by atoms with Crippen molar-refractivity contribution >= 4 is 29.1 Å². The van der Waals surface area contributed by atoms with E-state index in [0.29, 0.717) is 6.54 Å². The molecular formula is C10H11Cl2N3O. The van der Waals surface area contributed by atoms with Crippen LogP contribution in [0.25, 0.3) is 0 Å². The summed E-state index contributed by atoms with van der Waals surface area (Å²) in [6, 6.07) is 1.42. The van der Waals surface area contributed by atoms with Crippen LogP contribution in [0, 0.1) is 5.92 Å². The molecule has 16 heavy (non-hydrogen) atoms. The Morgan fingerprint density at radius 2 is 2.19 bits per heavy atom. The zero-order chi connectivity index (χ0) is 11.5. The average molecular weight is 260 g/mol. The highest BCUT2D eigenvalue weighted by atomic mass is 35.5. The smallest absolute Gasteiger partial charge is 0.254 e. The van der Waals surface area contributed by atoms with Gasteiger partial charge in [-0.05, 0) is 18.4 Å². The normalized spacial score (nSPS) is 14.9. The van der Waals surface area contributed by atoms with Gasteiger partial charge in [0.25, 0.3) is 5.91 Å². The van der Waals surface area contributed by atoms with Crippen LogP contribution in [0.5, 0.6) is 0 Å². The molecule has 0 unspecified atom stereocenters. The van der Waals surface area contributed by atoms with Crippen molar-refractivity contribution < 1.29 is 4.79 Å². The second-order valence-corrected chi connectivity index (χ2v) is 4.60. The van der Waals surface area contributed by atoms with Gasteiger partial charge in [0.2, 0.25) is 0 Å². The number of nitrogens with one attached hydrogen (secondary N) is 1. The molecule has 1 amide bonds. The molecule has 0 saturated heterocycles. The van der Waals surface area contributed by atoms with E-state index in [1.165, 1.54) is 18.9 Å². The summed E-state index contributed by atoms with van der Waals surface area (Å²) < 4.78 is 0. The molecule has 1 fully saturated rings. The largest absolute Gasteiger partial charge is 0.352 e. The number of hydrogen-bond acceptors (Lipinski definition) is 3. The molecule has 1 aliphatic carbocycles. The molecule has 0 aliphatic heterocycles. The monoisotopic (exact) mass is 259 g/mol. The summed E-state index contributed by atoms with van der Waals surface area (Å²) in [5, 5.41) is 10.2. The molecule has 1 saturated carbocycles. The van der Waals surface area contributed by atoms with Crippen LogP contribution in [0.1, 0.15) is 29.6 Å². The highest BCUT2D eigenvalue weighted by molar-refractivity contribution is 6.34. The zero-order valence-electron chi connectivity index (χ0n) is 8.54. The van der Waals surface area contributed by atoms with Crippen LogP contribution < -0.4 is 5.32 Å². The van der Waals surface area contributed by atoms with Crippen molar-refractivity contribution in [3.63, 3.8) is 0 Å². The van der Waals surface area contributed by atoms with Crippen molar-refractivity contribution in [3.05, 3.63) is 21.9 Å². The Balaban J connectivity index is 1.93. The minimum Gasteiger partial charge on any atom is -0.352 e. The van der Waals surface area contributed by atoms with Gasteiger partial charge in [0, 0.05) is 6.54 Å². The highest BCUT2D eigenvalue weighted by Gasteiger charge is 2.21. The summed E-state index contributed by atoms with van der Waals surface area (Å²) in [6.45, 7) is 0.666. The van der Waals surface area contributed by atoms with Crippen molar-refractivity contribution in [1.82, 2.24) is 15.5 Å². The van der Waals surface area contributed by atoms with Crippen LogP contribution in [0.2, 0.25) is 10.3 Å². The van der Waals surface area contributed by atoms with Gasteiger partial charge >= 0.3 is 0 Å². The summed E-state index contributed by atoms with van der Waals surface area (Å²) in [7, 11) is 0. The van der Waals surface area contributed by atoms with E-state index >= 15 is 0 Å². The first-order chi connectivity index (χ1) is 7.66. The Morgan fingerprint density at radius 1 is 1.44 bits per heavy atom. The number of carbonyl (C=O) groups excluding carboxylic acids is 1. The van der Waals surface area contributed by atoms with Gasteiger partial charge in [0.1, 0.15) is 0 Å². The fraction of sp³-hybridized carbons (Fsp3) is 0.500. The lowest BCUT2D eigenvalue weighted by Crippen LogP contribution is -2.25. The van der Waals surface area contributed by atoms with E-state index in [2.05, 4.69) is 15.5 Å². The topological polar surface area (TPSA) is 54.9 Å². The second kappa shape index (κ2) is 4.97. The Morgan fingerprint density at radius 3 is 2.88 bits per heavy atom. The fourth-order valence-electron chi connectivity index (χ4n) is 1.40. The predicted octanol–water partition coefficient (Wildman–Crippen LogP) is 2.31. The maximum absolute atomic E-state index is 11.7. The lowest BCUT2D eigenvalue weighted by molar-refractivity contribution is 0.0952. The summed E-state index contributed by atoms with van der Waals surface area (Å²) in [5.74, 6) is 0.539. The van der Waals surface area contributed by atoms with E-state index in [0.717, 1.165) is 12.3 Å². The van der Waals surface area contributed by atoms with Crippen molar-refractivity contribution in [2.24, 2.45) is 5.92 Å². The Hall–Kier alpha value is -0.870. The maximum Gasteiger partial charge on any atom is 0.254 e. The maximum atomic E-state index is 11.7. The molecule has 2 rings (SSSR count).